The van der Waals surface area contributed by atoms with Gasteiger partial charge in [-0.15, -0.1) is 11.3 Å². The summed E-state index contributed by atoms with van der Waals surface area (Å²) >= 11 is 1.32. The van der Waals surface area contributed by atoms with Gasteiger partial charge >= 0.3 is 0 Å². The van der Waals surface area contributed by atoms with Crippen molar-refractivity contribution in [1.82, 2.24) is 4.90 Å². The minimum atomic E-state index is -0.148. The van der Waals surface area contributed by atoms with Gasteiger partial charge in [0.25, 0.3) is 5.91 Å². The Bertz CT molecular complexity index is 825. The lowest BCUT2D eigenvalue weighted by Crippen LogP contribution is -2.36. The third-order valence-electron chi connectivity index (χ3n) is 5.33. The summed E-state index contributed by atoms with van der Waals surface area (Å²) in [6.45, 7) is 1.18. The summed E-state index contributed by atoms with van der Waals surface area (Å²) in [5.41, 5.74) is 0.920. The number of hydrogen-bond donors (Lipinski definition) is 2. The predicted molar refractivity (Wildman–Crippen MR) is 106 cm³/mol. The van der Waals surface area contributed by atoms with Crippen LogP contribution in [0.5, 0.6) is 0 Å². The van der Waals surface area contributed by atoms with Crippen molar-refractivity contribution in [3.63, 3.8) is 0 Å². The summed E-state index contributed by atoms with van der Waals surface area (Å²) in [4.78, 5) is 27.5. The lowest BCUT2D eigenvalue weighted by Gasteiger charge is -2.26. The Morgan fingerprint density at radius 3 is 2.52 bits per heavy atom. The monoisotopic (exact) mass is 384 g/mol. The number of anilines is 1. The number of thiophene rings is 1. The molecule has 0 spiro atoms. The van der Waals surface area contributed by atoms with Crippen LogP contribution in [0.1, 0.15) is 40.9 Å². The molecule has 2 saturated carbocycles. The first-order valence-electron chi connectivity index (χ1n) is 9.43. The number of amides is 2. The van der Waals surface area contributed by atoms with Crippen LogP contribution < -0.4 is 5.32 Å². The Labute approximate surface area is 163 Å². The summed E-state index contributed by atoms with van der Waals surface area (Å²) in [7, 11) is 0. The normalized spacial score (nSPS) is 17.4. The molecule has 1 aromatic heterocycles. The van der Waals surface area contributed by atoms with Crippen LogP contribution >= 0.6 is 11.3 Å². The fraction of sp³-hybridized carbons (Fsp3) is 0.429. The van der Waals surface area contributed by atoms with Crippen LogP contribution in [0.2, 0.25) is 0 Å². The van der Waals surface area contributed by atoms with E-state index in [1.165, 1.54) is 11.3 Å². The van der Waals surface area contributed by atoms with E-state index in [4.69, 9.17) is 0 Å². The molecular weight excluding hydrogens is 360 g/mol. The average Bonchev–Trinajstić information content (AvgIpc) is 3.61. The van der Waals surface area contributed by atoms with Gasteiger partial charge in [-0.3, -0.25) is 9.59 Å². The van der Waals surface area contributed by atoms with Crippen molar-refractivity contribution >= 4 is 28.2 Å². The second-order valence-electron chi connectivity index (χ2n) is 7.73. The predicted octanol–water partition coefficient (Wildman–Crippen LogP) is 3.51. The van der Waals surface area contributed by atoms with E-state index in [0.29, 0.717) is 18.0 Å². The fourth-order valence-corrected chi connectivity index (χ4v) is 4.07. The molecule has 2 aliphatic rings. The second-order valence-corrected chi connectivity index (χ2v) is 8.82. The Hall–Kier alpha value is -2.18. The zero-order chi connectivity index (χ0) is 18.9. The van der Waals surface area contributed by atoms with E-state index in [0.717, 1.165) is 36.2 Å². The van der Waals surface area contributed by atoms with E-state index in [1.54, 1.807) is 12.1 Å². The highest BCUT2D eigenvalue weighted by Crippen LogP contribution is 2.46. The van der Waals surface area contributed by atoms with Gasteiger partial charge in [0.15, 0.2) is 0 Å². The lowest BCUT2D eigenvalue weighted by atomic mass is 10.1. The van der Waals surface area contributed by atoms with Crippen molar-refractivity contribution < 1.29 is 14.7 Å². The van der Waals surface area contributed by atoms with Gasteiger partial charge in [-0.1, -0.05) is 30.3 Å². The molecule has 0 bridgehead atoms. The van der Waals surface area contributed by atoms with Crippen molar-refractivity contribution in [2.75, 3.05) is 18.5 Å². The molecule has 1 heterocycles. The van der Waals surface area contributed by atoms with Gasteiger partial charge in [-0.25, -0.2) is 0 Å². The number of aliphatic hydroxyl groups is 1. The number of hydrogen-bond acceptors (Lipinski definition) is 4. The number of nitrogens with zero attached hydrogens (tertiary/aromatic N) is 1. The molecular formula is C21H24N2O3S. The molecule has 6 heteroatoms. The molecule has 2 aromatic rings. The highest BCUT2D eigenvalue weighted by atomic mass is 32.1. The van der Waals surface area contributed by atoms with Crippen molar-refractivity contribution in [3.05, 3.63) is 52.9 Å². The molecule has 2 amide bonds. The Balaban J connectivity index is 1.49. The number of benzene rings is 1. The highest BCUT2D eigenvalue weighted by Gasteiger charge is 2.44. The molecule has 0 radical (unpaired) electrons. The third kappa shape index (κ3) is 4.39. The van der Waals surface area contributed by atoms with Crippen molar-refractivity contribution in [2.45, 2.75) is 32.2 Å². The van der Waals surface area contributed by atoms with Gasteiger partial charge < -0.3 is 15.3 Å². The fourth-order valence-electron chi connectivity index (χ4n) is 3.20. The Morgan fingerprint density at radius 1 is 1.15 bits per heavy atom. The van der Waals surface area contributed by atoms with Crippen LogP contribution in [0.25, 0.3) is 0 Å². The number of nitrogens with one attached hydrogen (secondary N) is 1. The topological polar surface area (TPSA) is 69.6 Å². The maximum Gasteiger partial charge on any atom is 0.264 e. The van der Waals surface area contributed by atoms with Crippen molar-refractivity contribution in [2.24, 2.45) is 11.3 Å². The quantitative estimate of drug-likeness (QED) is 0.732. The first-order valence-corrected chi connectivity index (χ1v) is 10.2. The van der Waals surface area contributed by atoms with Crippen LogP contribution in [0.4, 0.5) is 5.00 Å². The van der Waals surface area contributed by atoms with Crippen molar-refractivity contribution in [3.8, 4) is 0 Å². The largest absolute Gasteiger partial charge is 0.396 e. The van der Waals surface area contributed by atoms with Crippen LogP contribution in [0, 0.1) is 11.3 Å². The van der Waals surface area contributed by atoms with Gasteiger partial charge in [-0.05, 0) is 43.4 Å². The molecule has 1 aromatic carbocycles. The minimum Gasteiger partial charge on any atom is -0.396 e. The Morgan fingerprint density at radius 2 is 1.89 bits per heavy atom. The summed E-state index contributed by atoms with van der Waals surface area (Å²) in [6.07, 6.45) is 3.82. The van der Waals surface area contributed by atoms with E-state index in [-0.39, 0.29) is 29.8 Å². The number of carbonyl (C=O) groups excluding carboxylic acids is 2. The molecule has 2 N–H and O–H groups in total. The number of carbonyl (C=O) groups is 2. The standard InChI is InChI=1S/C21H24N2O3S/c24-14-21(10-11-21)13-23(12-15-4-2-1-3-5-15)20(26)17-8-9-18(27-17)22-19(25)16-6-7-16/h1-5,8-9,16,24H,6-7,10-14H2,(H,22,25). The molecule has 0 unspecified atom stereocenters. The highest BCUT2D eigenvalue weighted by molar-refractivity contribution is 7.18. The van der Waals surface area contributed by atoms with Gasteiger partial charge in [0.05, 0.1) is 16.5 Å². The molecule has 0 aliphatic heterocycles. The Kier molecular flexibility index (Phi) is 5.02. The molecule has 0 saturated heterocycles. The van der Waals surface area contributed by atoms with E-state index >= 15 is 0 Å². The maximum absolute atomic E-state index is 13.2. The van der Waals surface area contributed by atoms with Crippen LogP contribution in [-0.2, 0) is 11.3 Å². The van der Waals surface area contributed by atoms with Crippen LogP contribution in [0.15, 0.2) is 42.5 Å². The summed E-state index contributed by atoms with van der Waals surface area (Å²) in [6, 6.07) is 13.5. The molecule has 0 atom stereocenters. The maximum atomic E-state index is 13.2. The van der Waals surface area contributed by atoms with Gasteiger partial charge in [0.1, 0.15) is 0 Å². The summed E-state index contributed by atoms with van der Waals surface area (Å²) in [5, 5.41) is 13.3. The van der Waals surface area contributed by atoms with Crippen molar-refractivity contribution in [1.29, 1.82) is 0 Å². The molecule has 2 aliphatic carbocycles. The third-order valence-corrected chi connectivity index (χ3v) is 6.32. The molecule has 27 heavy (non-hydrogen) atoms. The van der Waals surface area contributed by atoms with E-state index in [2.05, 4.69) is 5.32 Å². The minimum absolute atomic E-state index is 0.0458. The number of rotatable bonds is 8. The lowest BCUT2D eigenvalue weighted by molar-refractivity contribution is -0.117. The molecule has 2 fully saturated rings. The second kappa shape index (κ2) is 7.44. The first kappa shape index (κ1) is 18.2. The SMILES string of the molecule is O=C(Nc1ccc(C(=O)N(Cc2ccccc2)CC2(CO)CC2)s1)C1CC1. The van der Waals surface area contributed by atoms with Gasteiger partial charge in [0.2, 0.25) is 5.91 Å². The van der Waals surface area contributed by atoms with Crippen LogP contribution in [-0.4, -0.2) is 35.0 Å². The average molecular weight is 385 g/mol. The number of aliphatic hydroxyl groups excluding tert-OH is 1. The smallest absolute Gasteiger partial charge is 0.264 e. The summed E-state index contributed by atoms with van der Waals surface area (Å²) in [5.74, 6) is 0.143. The molecule has 4 rings (SSSR count). The molecule has 5 nitrogen and oxygen atoms in total. The van der Waals surface area contributed by atoms with Gasteiger partial charge in [-0.2, -0.15) is 0 Å². The molecule has 142 valence electrons. The zero-order valence-corrected chi connectivity index (χ0v) is 16.0. The zero-order valence-electron chi connectivity index (χ0n) is 15.2. The van der Waals surface area contributed by atoms with E-state index in [1.807, 2.05) is 35.2 Å². The van der Waals surface area contributed by atoms with Crippen LogP contribution in [0.3, 0.4) is 0 Å². The summed E-state index contributed by atoms with van der Waals surface area (Å²) < 4.78 is 0. The van der Waals surface area contributed by atoms with E-state index in [9.17, 15) is 14.7 Å². The first-order chi connectivity index (χ1) is 13.1. The van der Waals surface area contributed by atoms with E-state index < -0.39 is 0 Å². The van der Waals surface area contributed by atoms with Gasteiger partial charge in [0, 0.05) is 24.4 Å².